The predicted octanol–water partition coefficient (Wildman–Crippen LogP) is 3.54. The zero-order valence-corrected chi connectivity index (χ0v) is 14.8. The number of fused-ring (bicyclic) bond motifs is 1. The Morgan fingerprint density at radius 2 is 2.16 bits per heavy atom. The first-order valence-electron chi connectivity index (χ1n) is 6.35. The van der Waals surface area contributed by atoms with Crippen molar-refractivity contribution in [2.24, 2.45) is 0 Å². The smallest absolute Gasteiger partial charge is 0.144 e. The highest BCUT2D eigenvalue weighted by Crippen LogP contribution is 2.26. The fourth-order valence-corrected chi connectivity index (χ4v) is 3.48. The number of halogens is 1. The average Bonchev–Trinajstić information content (AvgIpc) is 2.62. The van der Waals surface area contributed by atoms with Gasteiger partial charge in [-0.1, -0.05) is 19.6 Å². The van der Waals surface area contributed by atoms with E-state index in [0.717, 1.165) is 26.9 Å². The number of hydrogen-bond donors (Lipinski definition) is 1. The molecule has 0 spiro atoms. The van der Waals surface area contributed by atoms with Crippen molar-refractivity contribution in [3.63, 3.8) is 0 Å². The third-order valence-corrected chi connectivity index (χ3v) is 5.49. The van der Waals surface area contributed by atoms with Crippen LogP contribution < -0.4 is 5.73 Å². The summed E-state index contributed by atoms with van der Waals surface area (Å²) in [5.74, 6) is 0. The average molecular weight is 389 g/mol. The van der Waals surface area contributed by atoms with Gasteiger partial charge >= 0.3 is 0 Å². The molecular weight excluding hydrogens is 369 g/mol. The maximum Gasteiger partial charge on any atom is 0.144 e. The largest absolute Gasteiger partial charge is 0.398 e. The molecule has 0 aliphatic heterocycles. The van der Waals surface area contributed by atoms with E-state index in [-0.39, 0.29) is 0 Å². The number of ether oxygens (including phenoxy) is 1. The summed E-state index contributed by atoms with van der Waals surface area (Å²) >= 11 is 2.29. The Labute approximate surface area is 128 Å². The Hall–Kier alpha value is -0.603. The Bertz CT molecular complexity index is 577. The highest BCUT2D eigenvalue weighted by molar-refractivity contribution is 14.1. The molecule has 0 saturated heterocycles. The van der Waals surface area contributed by atoms with E-state index in [1.807, 2.05) is 16.8 Å². The van der Waals surface area contributed by atoms with Gasteiger partial charge in [0.1, 0.15) is 12.4 Å². The molecule has 2 N–H and O–H groups in total. The van der Waals surface area contributed by atoms with Crippen LogP contribution in [-0.2, 0) is 11.5 Å². The third-order valence-electron chi connectivity index (χ3n) is 2.97. The van der Waals surface area contributed by atoms with Crippen LogP contribution in [0.5, 0.6) is 0 Å². The second-order valence-corrected chi connectivity index (χ2v) is 12.7. The Morgan fingerprint density at radius 1 is 1.42 bits per heavy atom. The molecule has 0 radical (unpaired) electrons. The quantitative estimate of drug-likeness (QED) is 0.484. The van der Waals surface area contributed by atoms with Gasteiger partial charge in [0.15, 0.2) is 0 Å². The minimum absolute atomic E-state index is 0.542. The van der Waals surface area contributed by atoms with Crippen LogP contribution in [0.25, 0.3) is 11.0 Å². The van der Waals surface area contributed by atoms with E-state index in [2.05, 4.69) is 47.2 Å². The number of nitrogen functional groups attached to an aromatic ring is 1. The molecule has 2 aromatic heterocycles. The summed E-state index contributed by atoms with van der Waals surface area (Å²) < 4.78 is 8.91. The normalized spacial score (nSPS) is 12.2. The van der Waals surface area contributed by atoms with Gasteiger partial charge in [-0.05, 0) is 34.7 Å². The van der Waals surface area contributed by atoms with Gasteiger partial charge in [-0.25, -0.2) is 4.98 Å². The van der Waals surface area contributed by atoms with Gasteiger partial charge < -0.3 is 15.0 Å². The van der Waals surface area contributed by atoms with E-state index in [1.54, 1.807) is 6.20 Å². The molecule has 2 heterocycles. The van der Waals surface area contributed by atoms with Crippen molar-refractivity contribution in [3.05, 3.63) is 22.0 Å². The second-order valence-electron chi connectivity index (χ2n) is 5.89. The number of anilines is 1. The van der Waals surface area contributed by atoms with Crippen molar-refractivity contribution < 1.29 is 4.74 Å². The first kappa shape index (κ1) is 14.8. The molecule has 0 atom stereocenters. The maximum absolute atomic E-state index is 5.99. The molecule has 0 amide bonds. The third kappa shape index (κ3) is 3.70. The summed E-state index contributed by atoms with van der Waals surface area (Å²) in [6.07, 6.45) is 3.79. The Balaban J connectivity index is 2.08. The fourth-order valence-electron chi connectivity index (χ4n) is 1.83. The molecule has 0 fully saturated rings. The molecule has 2 aromatic rings. The van der Waals surface area contributed by atoms with Crippen LogP contribution in [-0.4, -0.2) is 24.2 Å². The highest BCUT2D eigenvalue weighted by Gasteiger charge is 2.13. The highest BCUT2D eigenvalue weighted by atomic mass is 127. The number of rotatable bonds is 5. The summed E-state index contributed by atoms with van der Waals surface area (Å²) in [5, 5.41) is 1.02. The SMILES string of the molecule is C[Si](C)(C)CCOCn1cc(I)c2c(N)ccnc21. The van der Waals surface area contributed by atoms with Crippen LogP contribution >= 0.6 is 22.6 Å². The Morgan fingerprint density at radius 3 is 2.84 bits per heavy atom. The predicted molar refractivity (Wildman–Crippen MR) is 91.0 cm³/mol. The van der Waals surface area contributed by atoms with E-state index in [0.29, 0.717) is 6.73 Å². The summed E-state index contributed by atoms with van der Waals surface area (Å²) in [4.78, 5) is 4.40. The molecule has 104 valence electrons. The van der Waals surface area contributed by atoms with Crippen LogP contribution in [0, 0.1) is 3.57 Å². The van der Waals surface area contributed by atoms with Crippen LogP contribution in [0.1, 0.15) is 0 Å². The van der Waals surface area contributed by atoms with Crippen LogP contribution in [0.3, 0.4) is 0 Å². The van der Waals surface area contributed by atoms with E-state index >= 15 is 0 Å². The molecule has 6 heteroatoms. The van der Waals surface area contributed by atoms with Crippen LogP contribution in [0.2, 0.25) is 25.7 Å². The van der Waals surface area contributed by atoms with Crippen molar-refractivity contribution in [2.45, 2.75) is 32.4 Å². The summed E-state index contributed by atoms with van der Waals surface area (Å²) in [7, 11) is -1.02. The van der Waals surface area contributed by atoms with Gasteiger partial charge in [-0.2, -0.15) is 0 Å². The second kappa shape index (κ2) is 5.80. The lowest BCUT2D eigenvalue weighted by Gasteiger charge is -2.15. The van der Waals surface area contributed by atoms with Crippen LogP contribution in [0.15, 0.2) is 18.5 Å². The Kier molecular flexibility index (Phi) is 4.52. The van der Waals surface area contributed by atoms with E-state index in [9.17, 15) is 0 Å². The minimum atomic E-state index is -1.02. The number of nitrogens with two attached hydrogens (primary N) is 1. The molecule has 0 unspecified atom stereocenters. The summed E-state index contributed by atoms with van der Waals surface area (Å²) in [6, 6.07) is 3.01. The standard InChI is InChI=1S/C13H20IN3OSi/c1-19(2,3)7-6-18-9-17-8-10(14)12-11(15)4-5-16-13(12)17/h4-5,8H,6-7,9H2,1-3H3,(H2,15,16). The van der Waals surface area contributed by atoms with Gasteiger partial charge in [0.25, 0.3) is 0 Å². The zero-order chi connectivity index (χ0) is 14.0. The number of nitrogens with zero attached hydrogens (tertiary/aromatic N) is 2. The molecule has 2 rings (SSSR count). The van der Waals surface area contributed by atoms with Gasteiger partial charge in [-0.3, -0.25) is 0 Å². The number of aromatic nitrogens is 2. The monoisotopic (exact) mass is 389 g/mol. The van der Waals surface area contributed by atoms with Crippen LogP contribution in [0.4, 0.5) is 5.69 Å². The molecule has 0 aliphatic rings. The zero-order valence-electron chi connectivity index (χ0n) is 11.6. The first-order valence-corrected chi connectivity index (χ1v) is 11.1. The lowest BCUT2D eigenvalue weighted by molar-refractivity contribution is 0.0898. The maximum atomic E-state index is 5.99. The van der Waals surface area contributed by atoms with E-state index in [1.165, 1.54) is 6.04 Å². The molecule has 0 bridgehead atoms. The van der Waals surface area contributed by atoms with Crippen molar-refractivity contribution >= 4 is 47.4 Å². The number of pyridine rings is 1. The van der Waals surface area contributed by atoms with E-state index in [4.69, 9.17) is 10.5 Å². The van der Waals surface area contributed by atoms with Gasteiger partial charge in [0.2, 0.25) is 0 Å². The molecule has 0 aromatic carbocycles. The van der Waals surface area contributed by atoms with Crippen molar-refractivity contribution in [3.8, 4) is 0 Å². The lowest BCUT2D eigenvalue weighted by Crippen LogP contribution is -2.22. The van der Waals surface area contributed by atoms with Gasteiger partial charge in [-0.15, -0.1) is 0 Å². The lowest BCUT2D eigenvalue weighted by atomic mass is 10.3. The molecular formula is C13H20IN3OSi. The fraction of sp³-hybridized carbons (Fsp3) is 0.462. The molecule has 19 heavy (non-hydrogen) atoms. The van der Waals surface area contributed by atoms with Crippen molar-refractivity contribution in [2.75, 3.05) is 12.3 Å². The summed E-state index contributed by atoms with van der Waals surface area (Å²) in [6.45, 7) is 8.42. The molecule has 4 nitrogen and oxygen atoms in total. The molecule has 0 aliphatic carbocycles. The van der Waals surface area contributed by atoms with Gasteiger partial charge in [0, 0.05) is 36.3 Å². The number of hydrogen-bond acceptors (Lipinski definition) is 3. The first-order chi connectivity index (χ1) is 8.88. The van der Waals surface area contributed by atoms with E-state index < -0.39 is 8.07 Å². The summed E-state index contributed by atoms with van der Waals surface area (Å²) in [5.41, 5.74) is 7.66. The van der Waals surface area contributed by atoms with Gasteiger partial charge in [0.05, 0.1) is 5.39 Å². The van der Waals surface area contributed by atoms with Crippen molar-refractivity contribution in [1.29, 1.82) is 0 Å². The topological polar surface area (TPSA) is 53.1 Å². The van der Waals surface area contributed by atoms with Crippen molar-refractivity contribution in [1.82, 2.24) is 9.55 Å². The minimum Gasteiger partial charge on any atom is -0.398 e. The molecule has 0 saturated carbocycles.